The molecule has 0 saturated carbocycles. The lowest BCUT2D eigenvalue weighted by Crippen LogP contribution is -2.29. The highest BCUT2D eigenvalue weighted by Crippen LogP contribution is 2.34. The second-order valence-electron chi connectivity index (χ2n) is 7.58. The largest absolute Gasteiger partial charge is 0.339 e. The Morgan fingerprint density at radius 3 is 2.87 bits per heavy atom. The number of aromatic nitrogens is 2. The Labute approximate surface area is 182 Å². The zero-order chi connectivity index (χ0) is 21.3. The van der Waals surface area contributed by atoms with Gasteiger partial charge in [0.05, 0.1) is 17.2 Å². The minimum absolute atomic E-state index is 0.0333. The van der Waals surface area contributed by atoms with Crippen molar-refractivity contribution in [2.24, 2.45) is 0 Å². The van der Waals surface area contributed by atoms with Crippen molar-refractivity contribution in [1.29, 1.82) is 0 Å². The van der Waals surface area contributed by atoms with Crippen LogP contribution in [0.15, 0.2) is 29.1 Å². The summed E-state index contributed by atoms with van der Waals surface area (Å²) in [6.45, 7) is 1.93. The number of aromatic amines is 1. The molecule has 0 radical (unpaired) electrons. The molecule has 2 aromatic heterocycles. The molecule has 0 saturated heterocycles. The monoisotopic (exact) mass is 445 g/mol. The zero-order valence-electron chi connectivity index (χ0n) is 17.0. The van der Waals surface area contributed by atoms with Gasteiger partial charge in [-0.2, -0.15) is 11.8 Å². The van der Waals surface area contributed by atoms with E-state index in [2.05, 4.69) is 9.97 Å². The Balaban J connectivity index is 1.31. The zero-order valence-corrected chi connectivity index (χ0v) is 18.7. The molecular weight excluding hydrogens is 421 g/mol. The molecule has 2 heterocycles. The van der Waals surface area contributed by atoms with Crippen molar-refractivity contribution in [3.63, 3.8) is 0 Å². The summed E-state index contributed by atoms with van der Waals surface area (Å²) in [7, 11) is 1.77. The Hall–Kier alpha value is -2.19. The summed E-state index contributed by atoms with van der Waals surface area (Å²) in [5, 5.41) is 0.771. The number of hydrogen-bond donors (Lipinski definition) is 1. The first-order valence-electron chi connectivity index (χ1n) is 10.1. The third kappa shape index (κ3) is 4.30. The second-order valence-corrected chi connectivity index (χ2v) is 9.77. The number of aryl methyl sites for hydroxylation is 2. The summed E-state index contributed by atoms with van der Waals surface area (Å²) >= 11 is 3.22. The maximum atomic E-state index is 13.1. The number of H-pyrrole nitrogens is 1. The number of halogens is 1. The Morgan fingerprint density at radius 2 is 2.10 bits per heavy atom. The van der Waals surface area contributed by atoms with Gasteiger partial charge in [0.25, 0.3) is 5.56 Å². The van der Waals surface area contributed by atoms with Crippen LogP contribution in [0.4, 0.5) is 4.39 Å². The molecule has 1 atom stereocenters. The van der Waals surface area contributed by atoms with Crippen LogP contribution in [0.1, 0.15) is 47.6 Å². The quantitative estimate of drug-likeness (QED) is 0.546. The van der Waals surface area contributed by atoms with E-state index in [1.807, 2.05) is 6.92 Å². The minimum atomic E-state index is -0.284. The number of rotatable bonds is 7. The first kappa shape index (κ1) is 21.1. The topological polar surface area (TPSA) is 66.1 Å². The summed E-state index contributed by atoms with van der Waals surface area (Å²) in [4.78, 5) is 36.4. The molecular formula is C22H24FN3O2S2. The van der Waals surface area contributed by atoms with Gasteiger partial charge in [0.1, 0.15) is 16.5 Å². The number of carbonyl (C=O) groups is 1. The highest BCUT2D eigenvalue weighted by molar-refractivity contribution is 7.98. The van der Waals surface area contributed by atoms with Gasteiger partial charge in [0.2, 0.25) is 5.91 Å². The predicted octanol–water partition coefficient (Wildman–Crippen LogP) is 4.46. The maximum Gasteiger partial charge on any atom is 0.259 e. The molecule has 0 bridgehead atoms. The summed E-state index contributed by atoms with van der Waals surface area (Å²) in [5.74, 6) is 1.62. The molecule has 30 heavy (non-hydrogen) atoms. The number of nitrogens with one attached hydrogen (secondary N) is 1. The van der Waals surface area contributed by atoms with Crippen LogP contribution in [0.25, 0.3) is 10.2 Å². The van der Waals surface area contributed by atoms with E-state index in [4.69, 9.17) is 0 Å². The first-order chi connectivity index (χ1) is 14.4. The first-order valence-corrected chi connectivity index (χ1v) is 12.0. The van der Waals surface area contributed by atoms with E-state index in [0.717, 1.165) is 35.0 Å². The lowest BCUT2D eigenvalue weighted by molar-refractivity contribution is -0.131. The molecule has 1 aromatic carbocycles. The van der Waals surface area contributed by atoms with E-state index in [1.54, 1.807) is 47.2 Å². The molecule has 158 valence electrons. The molecule has 1 aliphatic carbocycles. The molecule has 3 aromatic rings. The van der Waals surface area contributed by atoms with Gasteiger partial charge in [0.15, 0.2) is 0 Å². The molecule has 4 rings (SSSR count). The lowest BCUT2D eigenvalue weighted by Gasteiger charge is -2.25. The average Bonchev–Trinajstić information content (AvgIpc) is 3.31. The Kier molecular flexibility index (Phi) is 6.24. The predicted molar refractivity (Wildman–Crippen MR) is 121 cm³/mol. The fraction of sp³-hybridized carbons (Fsp3) is 0.409. The van der Waals surface area contributed by atoms with Crippen LogP contribution in [0.3, 0.4) is 0 Å². The SMILES string of the molecule is CC(c1ccc(F)cc1)N(C)C(=O)CCSCc1nc2sc3c(c2c(=O)[nH]1)CCC3. The number of carbonyl (C=O) groups excluding carboxylic acids is 1. The van der Waals surface area contributed by atoms with E-state index in [0.29, 0.717) is 23.8 Å². The molecule has 1 aliphatic rings. The van der Waals surface area contributed by atoms with Crippen molar-refractivity contribution in [3.8, 4) is 0 Å². The van der Waals surface area contributed by atoms with Gasteiger partial charge in [-0.25, -0.2) is 9.37 Å². The van der Waals surface area contributed by atoms with E-state index in [9.17, 15) is 14.0 Å². The number of thiophene rings is 1. The number of thioether (sulfide) groups is 1. The number of fused-ring (bicyclic) bond motifs is 3. The van der Waals surface area contributed by atoms with Crippen LogP contribution < -0.4 is 5.56 Å². The van der Waals surface area contributed by atoms with Crippen LogP contribution in [0.2, 0.25) is 0 Å². The van der Waals surface area contributed by atoms with Crippen LogP contribution in [-0.2, 0) is 23.4 Å². The second kappa shape index (κ2) is 8.89. The molecule has 1 unspecified atom stereocenters. The van der Waals surface area contributed by atoms with Crippen LogP contribution in [0, 0.1) is 5.82 Å². The number of benzene rings is 1. The standard InChI is InChI=1S/C22H24FN3O2S2/c1-13(14-6-8-15(23)9-7-14)26(2)19(27)10-11-29-12-18-24-21(28)20-16-4-3-5-17(16)30-22(20)25-18/h6-9,13H,3-5,10-12H2,1-2H3,(H,24,25,28). The van der Waals surface area contributed by atoms with Gasteiger partial charge in [-0.15, -0.1) is 11.3 Å². The van der Waals surface area contributed by atoms with Crippen molar-refractivity contribution in [1.82, 2.24) is 14.9 Å². The van der Waals surface area contributed by atoms with Gasteiger partial charge in [-0.05, 0) is 49.4 Å². The van der Waals surface area contributed by atoms with Crippen LogP contribution in [0.5, 0.6) is 0 Å². The smallest absolute Gasteiger partial charge is 0.259 e. The summed E-state index contributed by atoms with van der Waals surface area (Å²) < 4.78 is 13.1. The highest BCUT2D eigenvalue weighted by Gasteiger charge is 2.21. The Morgan fingerprint density at radius 1 is 1.33 bits per heavy atom. The fourth-order valence-corrected chi connectivity index (χ4v) is 5.88. The fourth-order valence-electron chi connectivity index (χ4n) is 3.80. The van der Waals surface area contributed by atoms with Gasteiger partial charge < -0.3 is 9.88 Å². The van der Waals surface area contributed by atoms with Gasteiger partial charge in [-0.1, -0.05) is 12.1 Å². The Bertz CT molecular complexity index is 1120. The number of nitrogens with zero attached hydrogens (tertiary/aromatic N) is 2. The number of amides is 1. The third-order valence-electron chi connectivity index (χ3n) is 5.65. The van der Waals surface area contributed by atoms with Gasteiger partial charge in [0, 0.05) is 24.1 Å². The van der Waals surface area contributed by atoms with Crippen molar-refractivity contribution < 1.29 is 9.18 Å². The van der Waals surface area contributed by atoms with E-state index in [1.165, 1.54) is 22.6 Å². The molecule has 1 amide bonds. The van der Waals surface area contributed by atoms with E-state index < -0.39 is 0 Å². The van der Waals surface area contributed by atoms with Crippen molar-refractivity contribution >= 4 is 39.2 Å². The van der Waals surface area contributed by atoms with E-state index in [-0.39, 0.29) is 23.3 Å². The average molecular weight is 446 g/mol. The maximum absolute atomic E-state index is 13.1. The summed E-state index contributed by atoms with van der Waals surface area (Å²) in [5.41, 5.74) is 2.05. The van der Waals surface area contributed by atoms with Crippen molar-refractivity contribution in [2.45, 2.75) is 44.4 Å². The molecule has 0 aliphatic heterocycles. The van der Waals surface area contributed by atoms with Crippen LogP contribution >= 0.6 is 23.1 Å². The van der Waals surface area contributed by atoms with Gasteiger partial charge >= 0.3 is 0 Å². The minimum Gasteiger partial charge on any atom is -0.339 e. The normalized spacial score (nSPS) is 14.1. The molecule has 0 fully saturated rings. The lowest BCUT2D eigenvalue weighted by atomic mass is 10.1. The molecule has 5 nitrogen and oxygen atoms in total. The molecule has 1 N–H and O–H groups in total. The van der Waals surface area contributed by atoms with Gasteiger partial charge in [-0.3, -0.25) is 9.59 Å². The third-order valence-corrected chi connectivity index (χ3v) is 7.81. The van der Waals surface area contributed by atoms with Crippen LogP contribution in [-0.4, -0.2) is 33.6 Å². The summed E-state index contributed by atoms with van der Waals surface area (Å²) in [6.07, 6.45) is 3.54. The highest BCUT2D eigenvalue weighted by atomic mass is 32.2. The summed E-state index contributed by atoms with van der Waals surface area (Å²) in [6, 6.07) is 6.11. The molecule has 8 heteroatoms. The van der Waals surface area contributed by atoms with Crippen molar-refractivity contribution in [3.05, 3.63) is 62.3 Å². The molecule has 0 spiro atoms. The van der Waals surface area contributed by atoms with Crippen molar-refractivity contribution in [2.75, 3.05) is 12.8 Å². The van der Waals surface area contributed by atoms with E-state index >= 15 is 0 Å². The number of hydrogen-bond acceptors (Lipinski definition) is 5.